The second-order valence-corrected chi connectivity index (χ2v) is 7.44. The van der Waals surface area contributed by atoms with Crippen molar-refractivity contribution in [3.05, 3.63) is 21.9 Å². The molecule has 2 N–H and O–H groups in total. The van der Waals surface area contributed by atoms with Gasteiger partial charge in [0.05, 0.1) is 6.54 Å². The highest BCUT2D eigenvalue weighted by atomic mass is 32.1. The van der Waals surface area contributed by atoms with Gasteiger partial charge in [0.15, 0.2) is 5.96 Å². The number of aryl methyl sites for hydroxylation is 1. The van der Waals surface area contributed by atoms with Gasteiger partial charge in [-0.15, -0.1) is 11.3 Å². The third-order valence-corrected chi connectivity index (χ3v) is 4.34. The first-order chi connectivity index (χ1) is 11.3. The molecule has 0 unspecified atom stereocenters. The Morgan fingerprint density at radius 2 is 2.08 bits per heavy atom. The normalized spacial score (nSPS) is 12.0. The van der Waals surface area contributed by atoms with Crippen LogP contribution in [0.3, 0.4) is 0 Å². The van der Waals surface area contributed by atoms with Crippen molar-refractivity contribution < 1.29 is 9.53 Å². The number of aliphatic imine (C=N–C) groups is 1. The van der Waals surface area contributed by atoms with Crippen molar-refractivity contribution in [3.8, 4) is 0 Å². The number of amides is 1. The predicted octanol–water partition coefficient (Wildman–Crippen LogP) is 2.98. The standard InChI is InChI=1S/C17H30N4O2S/c1-7-21(16(22)23-17(3,4)5)10-9-19-15(18-6)20-12-14-13(2)8-11-24-14/h8,11H,7,9-10,12H2,1-6H3,(H2,18,19,20). The molecule has 0 aliphatic heterocycles. The van der Waals surface area contributed by atoms with E-state index in [1.54, 1.807) is 23.3 Å². The number of nitrogens with one attached hydrogen (secondary N) is 2. The molecule has 0 aliphatic carbocycles. The summed E-state index contributed by atoms with van der Waals surface area (Å²) in [5.41, 5.74) is 0.804. The van der Waals surface area contributed by atoms with Crippen molar-refractivity contribution in [2.75, 3.05) is 26.7 Å². The molecule has 0 fully saturated rings. The largest absolute Gasteiger partial charge is 0.444 e. The van der Waals surface area contributed by atoms with Crippen LogP contribution in [0.2, 0.25) is 0 Å². The van der Waals surface area contributed by atoms with E-state index in [4.69, 9.17) is 4.74 Å². The molecule has 7 heteroatoms. The summed E-state index contributed by atoms with van der Waals surface area (Å²) in [5, 5.41) is 8.60. The Bertz CT molecular complexity index is 549. The summed E-state index contributed by atoms with van der Waals surface area (Å²) in [4.78, 5) is 19.3. The molecule has 1 heterocycles. The summed E-state index contributed by atoms with van der Waals surface area (Å²) >= 11 is 1.73. The summed E-state index contributed by atoms with van der Waals surface area (Å²) in [7, 11) is 1.74. The minimum absolute atomic E-state index is 0.288. The van der Waals surface area contributed by atoms with Crippen LogP contribution in [0.5, 0.6) is 0 Å². The van der Waals surface area contributed by atoms with Crippen LogP contribution in [0.25, 0.3) is 0 Å². The van der Waals surface area contributed by atoms with Crippen LogP contribution in [-0.2, 0) is 11.3 Å². The molecule has 0 radical (unpaired) electrons. The zero-order chi connectivity index (χ0) is 18.2. The lowest BCUT2D eigenvalue weighted by Gasteiger charge is -2.26. The summed E-state index contributed by atoms with van der Waals surface area (Å²) in [6.07, 6.45) is -0.288. The fourth-order valence-corrected chi connectivity index (χ4v) is 2.83. The number of likely N-dealkylation sites (N-methyl/N-ethyl adjacent to an activating group) is 1. The predicted molar refractivity (Wildman–Crippen MR) is 101 cm³/mol. The minimum Gasteiger partial charge on any atom is -0.444 e. The van der Waals surface area contributed by atoms with E-state index in [-0.39, 0.29) is 6.09 Å². The van der Waals surface area contributed by atoms with Gasteiger partial charge < -0.3 is 20.3 Å². The molecule has 6 nitrogen and oxygen atoms in total. The first kappa shape index (κ1) is 20.3. The average Bonchev–Trinajstić information content (AvgIpc) is 2.90. The van der Waals surface area contributed by atoms with Crippen LogP contribution in [0.15, 0.2) is 16.4 Å². The molecule has 1 amide bonds. The molecule has 1 rings (SSSR count). The van der Waals surface area contributed by atoms with Crippen molar-refractivity contribution >= 4 is 23.4 Å². The van der Waals surface area contributed by atoms with Gasteiger partial charge in [-0.05, 0) is 51.6 Å². The number of thiophene rings is 1. The fraction of sp³-hybridized carbons (Fsp3) is 0.647. The van der Waals surface area contributed by atoms with Gasteiger partial charge in [-0.2, -0.15) is 0 Å². The number of ether oxygens (including phenoxy) is 1. The number of guanidine groups is 1. The lowest BCUT2D eigenvalue weighted by atomic mass is 10.2. The van der Waals surface area contributed by atoms with Gasteiger partial charge in [0, 0.05) is 31.6 Å². The lowest BCUT2D eigenvalue weighted by Crippen LogP contribution is -2.44. The van der Waals surface area contributed by atoms with Crippen LogP contribution < -0.4 is 10.6 Å². The molecule has 0 spiro atoms. The topological polar surface area (TPSA) is 66.0 Å². The molecule has 1 aromatic rings. The van der Waals surface area contributed by atoms with Gasteiger partial charge in [0.2, 0.25) is 0 Å². The number of nitrogens with zero attached hydrogens (tertiary/aromatic N) is 2. The van der Waals surface area contributed by atoms with E-state index in [2.05, 4.69) is 34.0 Å². The van der Waals surface area contributed by atoms with Crippen LogP contribution in [-0.4, -0.2) is 49.2 Å². The van der Waals surface area contributed by atoms with Gasteiger partial charge in [-0.3, -0.25) is 4.99 Å². The maximum Gasteiger partial charge on any atom is 0.410 e. The van der Waals surface area contributed by atoms with Gasteiger partial charge in [-0.1, -0.05) is 0 Å². The minimum atomic E-state index is -0.478. The van der Waals surface area contributed by atoms with E-state index in [0.29, 0.717) is 19.6 Å². The Hall–Kier alpha value is -1.76. The number of hydrogen-bond donors (Lipinski definition) is 2. The van der Waals surface area contributed by atoms with Gasteiger partial charge in [0.1, 0.15) is 5.60 Å². The van der Waals surface area contributed by atoms with Crippen molar-refractivity contribution in [2.24, 2.45) is 4.99 Å². The number of hydrogen-bond acceptors (Lipinski definition) is 4. The number of rotatable bonds is 6. The zero-order valence-electron chi connectivity index (χ0n) is 15.6. The quantitative estimate of drug-likeness (QED) is 0.609. The third-order valence-electron chi connectivity index (χ3n) is 3.32. The maximum absolute atomic E-state index is 12.1. The molecule has 0 saturated carbocycles. The van der Waals surface area contributed by atoms with Crippen molar-refractivity contribution in [3.63, 3.8) is 0 Å². The number of carbonyl (C=O) groups excluding carboxylic acids is 1. The van der Waals surface area contributed by atoms with Gasteiger partial charge in [-0.25, -0.2) is 4.79 Å². The molecule has 1 aromatic heterocycles. The SMILES string of the molecule is CCN(CCNC(=NC)NCc1sccc1C)C(=O)OC(C)(C)C. The molecule has 24 heavy (non-hydrogen) atoms. The Labute approximate surface area is 149 Å². The third kappa shape index (κ3) is 7.21. The molecule has 0 aliphatic rings. The van der Waals surface area contributed by atoms with Crippen molar-refractivity contribution in [2.45, 2.75) is 46.8 Å². The second kappa shape index (κ2) is 9.52. The monoisotopic (exact) mass is 354 g/mol. The summed E-state index contributed by atoms with van der Waals surface area (Å²) in [6, 6.07) is 2.11. The van der Waals surface area contributed by atoms with E-state index in [1.165, 1.54) is 10.4 Å². The first-order valence-electron chi connectivity index (χ1n) is 8.22. The molecular formula is C17H30N4O2S. The molecule has 0 atom stereocenters. The van der Waals surface area contributed by atoms with Crippen molar-refractivity contribution in [1.29, 1.82) is 0 Å². The highest BCUT2D eigenvalue weighted by molar-refractivity contribution is 7.10. The van der Waals surface area contributed by atoms with Crippen LogP contribution in [0.4, 0.5) is 4.79 Å². The zero-order valence-corrected chi connectivity index (χ0v) is 16.4. The molecular weight excluding hydrogens is 324 g/mol. The van der Waals surface area contributed by atoms with Crippen LogP contribution in [0, 0.1) is 6.92 Å². The van der Waals surface area contributed by atoms with E-state index in [0.717, 1.165) is 12.5 Å². The van der Waals surface area contributed by atoms with E-state index >= 15 is 0 Å². The summed E-state index contributed by atoms with van der Waals surface area (Å²) in [5.74, 6) is 0.725. The lowest BCUT2D eigenvalue weighted by molar-refractivity contribution is 0.0264. The highest BCUT2D eigenvalue weighted by Crippen LogP contribution is 2.14. The molecule has 0 bridgehead atoms. The van der Waals surface area contributed by atoms with Gasteiger partial charge >= 0.3 is 6.09 Å². The van der Waals surface area contributed by atoms with Gasteiger partial charge in [0.25, 0.3) is 0 Å². The summed E-state index contributed by atoms with van der Waals surface area (Å²) < 4.78 is 5.40. The van der Waals surface area contributed by atoms with Crippen LogP contribution in [0.1, 0.15) is 38.1 Å². The number of carbonyl (C=O) groups is 1. The smallest absolute Gasteiger partial charge is 0.410 e. The Morgan fingerprint density at radius 3 is 2.58 bits per heavy atom. The molecule has 0 aromatic carbocycles. The van der Waals surface area contributed by atoms with E-state index < -0.39 is 5.60 Å². The molecule has 136 valence electrons. The van der Waals surface area contributed by atoms with Crippen LogP contribution >= 0.6 is 11.3 Å². The van der Waals surface area contributed by atoms with E-state index in [9.17, 15) is 4.79 Å². The molecule has 0 saturated heterocycles. The van der Waals surface area contributed by atoms with E-state index in [1.807, 2.05) is 27.7 Å². The first-order valence-corrected chi connectivity index (χ1v) is 9.10. The fourth-order valence-electron chi connectivity index (χ4n) is 1.98. The highest BCUT2D eigenvalue weighted by Gasteiger charge is 2.20. The second-order valence-electron chi connectivity index (χ2n) is 6.44. The Morgan fingerprint density at radius 1 is 1.38 bits per heavy atom. The maximum atomic E-state index is 12.1. The Kier molecular flexibility index (Phi) is 8.04. The average molecular weight is 355 g/mol. The van der Waals surface area contributed by atoms with Crippen molar-refractivity contribution in [1.82, 2.24) is 15.5 Å². The summed E-state index contributed by atoms with van der Waals surface area (Å²) in [6.45, 7) is 12.2. The Balaban J connectivity index is 2.39.